The van der Waals surface area contributed by atoms with Crippen molar-refractivity contribution < 1.29 is 18.3 Å². The van der Waals surface area contributed by atoms with E-state index in [0.29, 0.717) is 11.6 Å². The first-order valence-corrected chi connectivity index (χ1v) is 7.23. The molecule has 0 radical (unpaired) electrons. The molecule has 7 nitrogen and oxygen atoms in total. The van der Waals surface area contributed by atoms with Crippen molar-refractivity contribution in [2.75, 3.05) is 19.0 Å². The van der Waals surface area contributed by atoms with E-state index in [1.807, 2.05) is 0 Å². The van der Waals surface area contributed by atoms with Gasteiger partial charge in [0.15, 0.2) is 0 Å². The van der Waals surface area contributed by atoms with E-state index < -0.39 is 5.92 Å². The minimum absolute atomic E-state index is 0.0709. The SMILES string of the molecule is COc1ccnc(OC/C(=C/Nc2cccc(C(C)(F)F)c2)N=N)n1. The lowest BCUT2D eigenvalue weighted by molar-refractivity contribution is 0.0175. The fourth-order valence-electron chi connectivity index (χ4n) is 1.80. The molecule has 2 N–H and O–H groups in total. The Morgan fingerprint density at radius 1 is 1.40 bits per heavy atom. The Bertz CT molecular complexity index is 762. The highest BCUT2D eigenvalue weighted by Gasteiger charge is 2.23. The van der Waals surface area contributed by atoms with E-state index in [2.05, 4.69) is 20.4 Å². The maximum Gasteiger partial charge on any atom is 0.320 e. The van der Waals surface area contributed by atoms with Crippen molar-refractivity contribution in [3.8, 4) is 11.9 Å². The summed E-state index contributed by atoms with van der Waals surface area (Å²) < 4.78 is 36.9. The Labute approximate surface area is 143 Å². The lowest BCUT2D eigenvalue weighted by atomic mass is 10.1. The van der Waals surface area contributed by atoms with Crippen molar-refractivity contribution in [3.63, 3.8) is 0 Å². The van der Waals surface area contributed by atoms with Crippen molar-refractivity contribution in [2.24, 2.45) is 5.11 Å². The number of ether oxygens (including phenoxy) is 2. The maximum absolute atomic E-state index is 13.3. The van der Waals surface area contributed by atoms with Gasteiger partial charge in [0.1, 0.15) is 12.3 Å². The van der Waals surface area contributed by atoms with E-state index in [4.69, 9.17) is 15.0 Å². The number of anilines is 1. The number of methoxy groups -OCH3 is 1. The second-order valence-electron chi connectivity index (χ2n) is 5.03. The number of nitrogens with zero attached hydrogens (tertiary/aromatic N) is 3. The second kappa shape index (κ2) is 8.13. The van der Waals surface area contributed by atoms with Crippen LogP contribution in [0.2, 0.25) is 0 Å². The molecule has 2 aromatic rings. The first-order chi connectivity index (χ1) is 11.9. The molecule has 0 fully saturated rings. The van der Waals surface area contributed by atoms with Crippen molar-refractivity contribution in [3.05, 3.63) is 54.0 Å². The molecule has 25 heavy (non-hydrogen) atoms. The largest absolute Gasteiger partial charge is 0.481 e. The molecule has 0 saturated carbocycles. The zero-order valence-corrected chi connectivity index (χ0v) is 13.7. The van der Waals surface area contributed by atoms with Crippen LogP contribution in [0.15, 0.2) is 53.5 Å². The summed E-state index contributed by atoms with van der Waals surface area (Å²) in [5.74, 6) is -2.59. The van der Waals surface area contributed by atoms with Crippen LogP contribution in [-0.2, 0) is 5.92 Å². The molecule has 0 atom stereocenters. The molecule has 0 aliphatic heterocycles. The minimum atomic E-state index is -2.93. The molecule has 1 heterocycles. The zero-order chi connectivity index (χ0) is 18.3. The van der Waals surface area contributed by atoms with Crippen LogP contribution < -0.4 is 14.8 Å². The molecule has 0 unspecified atom stereocenters. The molecule has 9 heteroatoms. The third-order valence-electron chi connectivity index (χ3n) is 3.08. The summed E-state index contributed by atoms with van der Waals surface area (Å²) in [7, 11) is 1.47. The summed E-state index contributed by atoms with van der Waals surface area (Å²) in [5, 5.41) is 6.13. The van der Waals surface area contributed by atoms with Crippen molar-refractivity contribution in [1.29, 1.82) is 5.53 Å². The van der Waals surface area contributed by atoms with Crippen LogP contribution in [0.3, 0.4) is 0 Å². The number of hydrogen-bond donors (Lipinski definition) is 2. The Hall–Kier alpha value is -3.10. The summed E-state index contributed by atoms with van der Waals surface area (Å²) in [6.45, 7) is 0.752. The number of nitrogens with one attached hydrogen (secondary N) is 2. The van der Waals surface area contributed by atoms with E-state index >= 15 is 0 Å². The number of rotatable bonds is 8. The Morgan fingerprint density at radius 3 is 2.88 bits per heavy atom. The molecule has 0 bridgehead atoms. The summed E-state index contributed by atoms with van der Waals surface area (Å²) in [6, 6.07) is 7.44. The molecular formula is C16H17F2N5O2. The van der Waals surface area contributed by atoms with E-state index in [1.54, 1.807) is 12.1 Å². The van der Waals surface area contributed by atoms with Gasteiger partial charge in [0.05, 0.1) is 7.11 Å². The Kier molecular flexibility index (Phi) is 5.93. The second-order valence-corrected chi connectivity index (χ2v) is 5.03. The van der Waals surface area contributed by atoms with Crippen LogP contribution in [0.1, 0.15) is 12.5 Å². The molecule has 0 aliphatic rings. The highest BCUT2D eigenvalue weighted by atomic mass is 19.3. The van der Waals surface area contributed by atoms with Crippen molar-refractivity contribution >= 4 is 5.69 Å². The van der Waals surface area contributed by atoms with Crippen LogP contribution in [0.4, 0.5) is 14.5 Å². The smallest absolute Gasteiger partial charge is 0.320 e. The van der Waals surface area contributed by atoms with Crippen molar-refractivity contribution in [1.82, 2.24) is 9.97 Å². The average Bonchev–Trinajstić information content (AvgIpc) is 2.61. The molecule has 0 saturated heterocycles. The van der Waals surface area contributed by atoms with Gasteiger partial charge in [-0.3, -0.25) is 0 Å². The first-order valence-electron chi connectivity index (χ1n) is 7.23. The standard InChI is InChI=1S/C16H17F2N5O2/c1-16(17,18)11-4-3-5-12(8-11)21-9-13(23-19)10-25-15-20-7-6-14(22-15)24-2/h3-9,19,21H,10H2,1-2H3/b13-9-,23-19?. The first kappa shape index (κ1) is 18.2. The molecular weight excluding hydrogens is 332 g/mol. The van der Waals surface area contributed by atoms with Gasteiger partial charge >= 0.3 is 6.01 Å². The molecule has 2 rings (SSSR count). The topological polar surface area (TPSA) is 92.5 Å². The van der Waals surface area contributed by atoms with Gasteiger partial charge < -0.3 is 14.8 Å². The van der Waals surface area contributed by atoms with Gasteiger partial charge in [-0.25, -0.2) is 19.3 Å². The normalized spacial score (nSPS) is 11.8. The fraction of sp³-hybridized carbons (Fsp3) is 0.250. The maximum atomic E-state index is 13.3. The van der Waals surface area contributed by atoms with Crippen LogP contribution in [0.25, 0.3) is 0 Å². The van der Waals surface area contributed by atoms with Gasteiger partial charge in [0.25, 0.3) is 5.92 Å². The van der Waals surface area contributed by atoms with Gasteiger partial charge in [0, 0.05) is 36.6 Å². The summed E-state index contributed by atoms with van der Waals surface area (Å²) in [5.41, 5.74) is 7.71. The van der Waals surface area contributed by atoms with Crippen LogP contribution in [0.5, 0.6) is 11.9 Å². The quantitative estimate of drug-likeness (QED) is 0.704. The summed E-state index contributed by atoms with van der Waals surface area (Å²) in [6.07, 6.45) is 2.86. The van der Waals surface area contributed by atoms with Gasteiger partial charge in [0.2, 0.25) is 5.88 Å². The van der Waals surface area contributed by atoms with E-state index in [0.717, 1.165) is 6.92 Å². The molecule has 1 aromatic heterocycles. The number of hydrogen-bond acceptors (Lipinski definition) is 7. The third kappa shape index (κ3) is 5.48. The highest BCUT2D eigenvalue weighted by molar-refractivity contribution is 5.49. The predicted molar refractivity (Wildman–Crippen MR) is 86.9 cm³/mol. The van der Waals surface area contributed by atoms with E-state index in [-0.39, 0.29) is 23.9 Å². The lowest BCUT2D eigenvalue weighted by Gasteiger charge is -2.12. The van der Waals surface area contributed by atoms with Gasteiger partial charge in [-0.15, -0.1) is 0 Å². The van der Waals surface area contributed by atoms with Gasteiger partial charge in [-0.05, 0) is 12.1 Å². The van der Waals surface area contributed by atoms with Crippen LogP contribution in [-0.4, -0.2) is 23.7 Å². The Morgan fingerprint density at radius 2 is 2.20 bits per heavy atom. The predicted octanol–water partition coefficient (Wildman–Crippen LogP) is 3.96. The summed E-state index contributed by atoms with van der Waals surface area (Å²) in [4.78, 5) is 7.87. The number of alkyl halides is 2. The Balaban J connectivity index is 2.01. The highest BCUT2D eigenvalue weighted by Crippen LogP contribution is 2.28. The molecule has 0 amide bonds. The van der Waals surface area contributed by atoms with Gasteiger partial charge in [-0.1, -0.05) is 12.1 Å². The molecule has 1 aromatic carbocycles. The number of aromatic nitrogens is 2. The third-order valence-corrected chi connectivity index (χ3v) is 3.08. The molecule has 0 spiro atoms. The van der Waals surface area contributed by atoms with E-state index in [9.17, 15) is 8.78 Å². The monoisotopic (exact) mass is 349 g/mol. The average molecular weight is 349 g/mol. The lowest BCUT2D eigenvalue weighted by Crippen LogP contribution is -2.07. The van der Waals surface area contributed by atoms with Crippen molar-refractivity contribution in [2.45, 2.75) is 12.8 Å². The van der Waals surface area contributed by atoms with E-state index in [1.165, 1.54) is 37.7 Å². The molecule has 132 valence electrons. The number of halogens is 2. The van der Waals surface area contributed by atoms with Crippen LogP contribution >= 0.6 is 0 Å². The fourth-order valence-corrected chi connectivity index (χ4v) is 1.80. The summed E-state index contributed by atoms with van der Waals surface area (Å²) >= 11 is 0. The van der Waals surface area contributed by atoms with Gasteiger partial charge in [-0.2, -0.15) is 10.1 Å². The molecule has 0 aliphatic carbocycles. The number of benzene rings is 1. The zero-order valence-electron chi connectivity index (χ0n) is 13.7. The van der Waals surface area contributed by atoms with Crippen LogP contribution in [0, 0.1) is 5.53 Å². The minimum Gasteiger partial charge on any atom is -0.481 e.